The van der Waals surface area contributed by atoms with E-state index in [-0.39, 0.29) is 5.41 Å². The summed E-state index contributed by atoms with van der Waals surface area (Å²) in [5.41, 5.74) is 2.37. The van der Waals surface area contributed by atoms with E-state index in [4.69, 9.17) is 4.98 Å². The molecule has 0 spiro atoms. The van der Waals surface area contributed by atoms with Crippen molar-refractivity contribution in [1.82, 2.24) is 19.9 Å². The molecule has 0 bridgehead atoms. The average Bonchev–Trinajstić information content (AvgIpc) is 2.69. The van der Waals surface area contributed by atoms with Crippen molar-refractivity contribution in [3.63, 3.8) is 0 Å². The monoisotopic (exact) mass is 230 g/mol. The van der Waals surface area contributed by atoms with E-state index in [1.807, 2.05) is 18.5 Å². The maximum Gasteiger partial charge on any atom is 0.115 e. The van der Waals surface area contributed by atoms with E-state index < -0.39 is 0 Å². The van der Waals surface area contributed by atoms with Gasteiger partial charge >= 0.3 is 0 Å². The molecule has 2 aromatic heterocycles. The van der Waals surface area contributed by atoms with E-state index in [0.717, 1.165) is 37.0 Å². The molecule has 1 fully saturated rings. The van der Waals surface area contributed by atoms with Gasteiger partial charge in [-0.1, -0.05) is 6.92 Å². The lowest BCUT2D eigenvalue weighted by Gasteiger charge is -2.33. The van der Waals surface area contributed by atoms with Crippen LogP contribution in [0.4, 0.5) is 0 Å². The van der Waals surface area contributed by atoms with Crippen LogP contribution in [0, 0.1) is 0 Å². The summed E-state index contributed by atoms with van der Waals surface area (Å²) in [6.45, 7) is 4.48. The molecule has 0 saturated carbocycles. The van der Waals surface area contributed by atoms with Gasteiger partial charge in [0.25, 0.3) is 0 Å². The lowest BCUT2D eigenvalue weighted by Crippen LogP contribution is -2.39. The van der Waals surface area contributed by atoms with Crippen LogP contribution in [0.25, 0.3) is 11.0 Å². The summed E-state index contributed by atoms with van der Waals surface area (Å²) in [6, 6.07) is 1.99. The zero-order valence-corrected chi connectivity index (χ0v) is 10.4. The highest BCUT2D eigenvalue weighted by Crippen LogP contribution is 2.33. The van der Waals surface area contributed by atoms with Crippen LogP contribution in [0.1, 0.15) is 25.6 Å². The number of nitrogens with zero attached hydrogens (tertiary/aromatic N) is 3. The average molecular weight is 230 g/mol. The van der Waals surface area contributed by atoms with Crippen molar-refractivity contribution >= 4 is 11.0 Å². The Morgan fingerprint density at radius 3 is 2.82 bits per heavy atom. The van der Waals surface area contributed by atoms with Gasteiger partial charge in [0.15, 0.2) is 0 Å². The number of rotatable bonds is 1. The molecule has 4 heteroatoms. The van der Waals surface area contributed by atoms with E-state index in [2.05, 4.69) is 28.8 Å². The Labute approximate surface area is 101 Å². The number of nitrogens with one attached hydrogen (secondary N) is 1. The maximum absolute atomic E-state index is 4.80. The summed E-state index contributed by atoms with van der Waals surface area (Å²) in [5.74, 6) is 1.20. The van der Waals surface area contributed by atoms with Crippen LogP contribution in [0.2, 0.25) is 0 Å². The van der Waals surface area contributed by atoms with Crippen molar-refractivity contribution < 1.29 is 0 Å². The van der Waals surface area contributed by atoms with Crippen molar-refractivity contribution in [3.05, 3.63) is 24.3 Å². The van der Waals surface area contributed by atoms with Gasteiger partial charge in [0.1, 0.15) is 5.82 Å². The van der Waals surface area contributed by atoms with Crippen LogP contribution in [-0.2, 0) is 12.5 Å². The Hall–Kier alpha value is -1.42. The first-order chi connectivity index (χ1) is 8.21. The van der Waals surface area contributed by atoms with Gasteiger partial charge in [0, 0.05) is 18.7 Å². The summed E-state index contributed by atoms with van der Waals surface area (Å²) < 4.78 is 2.20. The third-order valence-electron chi connectivity index (χ3n) is 3.93. The Kier molecular flexibility index (Phi) is 2.40. The minimum Gasteiger partial charge on any atom is -0.329 e. The number of fused-ring (bicyclic) bond motifs is 1. The molecule has 2 aromatic rings. The van der Waals surface area contributed by atoms with Gasteiger partial charge in [-0.3, -0.25) is 4.98 Å². The third-order valence-corrected chi connectivity index (χ3v) is 3.93. The fourth-order valence-corrected chi connectivity index (χ4v) is 2.78. The van der Waals surface area contributed by atoms with Crippen LogP contribution in [0.5, 0.6) is 0 Å². The van der Waals surface area contributed by atoms with Gasteiger partial charge in [-0.05, 0) is 32.0 Å². The highest BCUT2D eigenvalue weighted by molar-refractivity contribution is 5.74. The molecule has 17 heavy (non-hydrogen) atoms. The molecular weight excluding hydrogens is 212 g/mol. The number of hydrogen-bond acceptors (Lipinski definition) is 3. The first-order valence-electron chi connectivity index (χ1n) is 6.18. The highest BCUT2D eigenvalue weighted by atomic mass is 15.1. The number of aromatic nitrogens is 3. The molecule has 1 aliphatic rings. The molecule has 4 nitrogen and oxygen atoms in total. The van der Waals surface area contributed by atoms with Gasteiger partial charge in [0.05, 0.1) is 17.2 Å². The van der Waals surface area contributed by atoms with Gasteiger partial charge < -0.3 is 9.88 Å². The van der Waals surface area contributed by atoms with Gasteiger partial charge in [-0.15, -0.1) is 0 Å². The molecule has 1 saturated heterocycles. The van der Waals surface area contributed by atoms with Crippen molar-refractivity contribution in [2.75, 3.05) is 13.1 Å². The summed E-state index contributed by atoms with van der Waals surface area (Å²) in [7, 11) is 2.10. The second-order valence-electron chi connectivity index (χ2n) is 5.17. The summed E-state index contributed by atoms with van der Waals surface area (Å²) in [6.07, 6.45) is 6.01. The molecule has 3 heterocycles. The quantitative estimate of drug-likeness (QED) is 0.809. The molecule has 0 unspecified atom stereocenters. The molecule has 3 rings (SSSR count). The standard InChI is InChI=1S/C13H18N4/c1-13(4-7-14-8-5-13)12-16-10-3-6-15-9-11(10)17(12)2/h3,6,9,14H,4-5,7-8H2,1-2H3. The Morgan fingerprint density at radius 2 is 2.12 bits per heavy atom. The lowest BCUT2D eigenvalue weighted by atomic mass is 9.80. The molecule has 1 N–H and O–H groups in total. The van der Waals surface area contributed by atoms with E-state index in [0.29, 0.717) is 0 Å². The minimum absolute atomic E-state index is 0.193. The zero-order valence-electron chi connectivity index (χ0n) is 10.4. The van der Waals surface area contributed by atoms with Crippen LogP contribution >= 0.6 is 0 Å². The maximum atomic E-state index is 4.80. The van der Waals surface area contributed by atoms with Gasteiger partial charge in [0.2, 0.25) is 0 Å². The summed E-state index contributed by atoms with van der Waals surface area (Å²) in [5, 5.41) is 3.41. The Morgan fingerprint density at radius 1 is 1.35 bits per heavy atom. The van der Waals surface area contributed by atoms with E-state index in [9.17, 15) is 0 Å². The van der Waals surface area contributed by atoms with Crippen molar-refractivity contribution in [2.24, 2.45) is 7.05 Å². The number of pyridine rings is 1. The second-order valence-corrected chi connectivity index (χ2v) is 5.17. The van der Waals surface area contributed by atoms with E-state index in [1.54, 1.807) is 0 Å². The number of piperidine rings is 1. The largest absolute Gasteiger partial charge is 0.329 e. The third kappa shape index (κ3) is 1.63. The van der Waals surface area contributed by atoms with Crippen LogP contribution < -0.4 is 5.32 Å². The fraction of sp³-hybridized carbons (Fsp3) is 0.538. The molecule has 0 atom stereocenters. The van der Waals surface area contributed by atoms with Crippen LogP contribution in [0.3, 0.4) is 0 Å². The van der Waals surface area contributed by atoms with Crippen LogP contribution in [-0.4, -0.2) is 27.6 Å². The van der Waals surface area contributed by atoms with Crippen molar-refractivity contribution in [2.45, 2.75) is 25.2 Å². The van der Waals surface area contributed by atoms with Crippen molar-refractivity contribution in [3.8, 4) is 0 Å². The Balaban J connectivity index is 2.13. The predicted molar refractivity (Wildman–Crippen MR) is 68.0 cm³/mol. The predicted octanol–water partition coefficient (Wildman–Crippen LogP) is 1.61. The van der Waals surface area contributed by atoms with E-state index in [1.165, 1.54) is 5.82 Å². The van der Waals surface area contributed by atoms with Crippen LogP contribution in [0.15, 0.2) is 18.5 Å². The molecule has 0 aromatic carbocycles. The number of imidazole rings is 1. The molecule has 0 amide bonds. The molecule has 1 aliphatic heterocycles. The Bertz CT molecular complexity index is 537. The molecule has 90 valence electrons. The summed E-state index contributed by atoms with van der Waals surface area (Å²) >= 11 is 0. The van der Waals surface area contributed by atoms with E-state index >= 15 is 0 Å². The highest BCUT2D eigenvalue weighted by Gasteiger charge is 2.33. The number of hydrogen-bond donors (Lipinski definition) is 1. The fourth-order valence-electron chi connectivity index (χ4n) is 2.78. The first-order valence-corrected chi connectivity index (χ1v) is 6.18. The molecular formula is C13H18N4. The minimum atomic E-state index is 0.193. The normalized spacial score (nSPS) is 19.6. The smallest absolute Gasteiger partial charge is 0.115 e. The molecule has 0 aliphatic carbocycles. The summed E-state index contributed by atoms with van der Waals surface area (Å²) in [4.78, 5) is 8.98. The topological polar surface area (TPSA) is 42.7 Å². The zero-order chi connectivity index (χ0) is 11.9. The van der Waals surface area contributed by atoms with Crippen molar-refractivity contribution in [1.29, 1.82) is 0 Å². The SMILES string of the molecule is Cn1c(C2(C)CCNCC2)nc2ccncc21. The van der Waals surface area contributed by atoms with Gasteiger partial charge in [-0.25, -0.2) is 4.98 Å². The second kappa shape index (κ2) is 3.81. The van der Waals surface area contributed by atoms with Gasteiger partial charge in [-0.2, -0.15) is 0 Å². The lowest BCUT2D eigenvalue weighted by molar-refractivity contribution is 0.313. The first kappa shape index (κ1) is 10.7. The number of aryl methyl sites for hydroxylation is 1. The molecule has 0 radical (unpaired) electrons.